The summed E-state index contributed by atoms with van der Waals surface area (Å²) in [6.45, 7) is 9.83. The number of aliphatic hydroxyl groups excluding tert-OH is 2. The summed E-state index contributed by atoms with van der Waals surface area (Å²) in [4.78, 5) is 20.0. The van der Waals surface area contributed by atoms with Gasteiger partial charge in [0.2, 0.25) is 10.0 Å². The Bertz CT molecular complexity index is 2150. The monoisotopic (exact) mass is 1300 g/mol. The number of rotatable bonds is 21. The predicted molar refractivity (Wildman–Crippen MR) is 280 cm³/mol. The van der Waals surface area contributed by atoms with Gasteiger partial charge in [0, 0.05) is 62.2 Å². The van der Waals surface area contributed by atoms with Gasteiger partial charge in [-0.15, -0.1) is 0 Å². The molecule has 21 heteroatoms. The number of aliphatic hydroxyl groups is 2. The van der Waals surface area contributed by atoms with Gasteiger partial charge in [-0.25, -0.2) is 16.8 Å². The molecule has 0 aliphatic carbocycles. The maximum absolute atomic E-state index is 13.2. The molecule has 0 amide bonds. The molecule has 4 aromatic carbocycles. The molecule has 66 heavy (non-hydrogen) atoms. The molecule has 0 saturated carbocycles. The van der Waals surface area contributed by atoms with Gasteiger partial charge in [-0.3, -0.25) is 20.2 Å². The molecule has 5 N–H and O–H groups in total. The Labute approximate surface area is 423 Å². The number of nitrogens with one attached hydrogen (secondary N) is 3. The third-order valence-electron chi connectivity index (χ3n) is 9.29. The summed E-state index contributed by atoms with van der Waals surface area (Å²) < 4.78 is 49.5. The fourth-order valence-electron chi connectivity index (χ4n) is 5.98. The molecule has 4 aromatic rings. The second-order valence-corrected chi connectivity index (χ2v) is 35.6. The number of sulfonamides is 1. The molecule has 0 bridgehead atoms. The van der Waals surface area contributed by atoms with Crippen LogP contribution in [0.15, 0.2) is 119 Å². The number of non-ortho nitro benzene ring substituents is 2. The van der Waals surface area contributed by atoms with Crippen LogP contribution in [0, 0.1) is 32.1 Å². The van der Waals surface area contributed by atoms with E-state index in [2.05, 4.69) is 79.2 Å². The van der Waals surface area contributed by atoms with Crippen molar-refractivity contribution in [1.82, 2.24) is 20.3 Å². The van der Waals surface area contributed by atoms with E-state index in [1.54, 1.807) is 7.05 Å². The van der Waals surface area contributed by atoms with Gasteiger partial charge in [-0.05, 0) is 80.7 Å². The van der Waals surface area contributed by atoms with Crippen molar-refractivity contribution in [2.24, 2.45) is 11.8 Å². The van der Waals surface area contributed by atoms with E-state index in [4.69, 9.17) is 0 Å². The molecule has 0 radical (unpaired) electrons. The topological polar surface area (TPSA) is 234 Å². The van der Waals surface area contributed by atoms with Crippen molar-refractivity contribution < 1.29 is 50.2 Å². The van der Waals surface area contributed by atoms with Crippen LogP contribution >= 0.6 is 37.2 Å². The Kier molecular flexibility index (Phi) is 34.6. The van der Waals surface area contributed by atoms with Crippen LogP contribution in [0.4, 0.5) is 11.4 Å². The fraction of sp³-hybridized carbons (Fsp3) is 0.467. The SMILES string of the molecule is C.C.CNC(Cc1ccccc1)[C@H](O)CNCC(C)C.CN[C@@H](Cc1ccccc1)[C@H](O)CN(CC(C)C)S(=O)(=O)c1ccc([N+](=O)[O-])cc1.CS(=O)(=O)c1ccc([N+](=O)[O-])cc1.I[I-]I. The van der Waals surface area contributed by atoms with E-state index < -0.39 is 35.8 Å². The molecule has 0 aliphatic heterocycles. The average Bonchev–Trinajstić information content (AvgIpc) is 3.25. The van der Waals surface area contributed by atoms with Crippen molar-refractivity contribution in [2.75, 3.05) is 46.5 Å². The Morgan fingerprint density at radius 2 is 1.00 bits per heavy atom. The number of nitro groups is 2. The average molecular weight is 1300 g/mol. The van der Waals surface area contributed by atoms with Crippen molar-refractivity contribution in [3.05, 3.63) is 141 Å². The molecule has 4 rings (SSSR count). The van der Waals surface area contributed by atoms with E-state index in [0.717, 1.165) is 36.9 Å². The summed E-state index contributed by atoms with van der Waals surface area (Å²) in [6.07, 6.45) is 1.14. The molecule has 0 aliphatic rings. The molecule has 1 unspecified atom stereocenters. The van der Waals surface area contributed by atoms with Crippen LogP contribution in [-0.4, -0.2) is 112 Å². The quantitative estimate of drug-likeness (QED) is 0.0425. The van der Waals surface area contributed by atoms with Crippen LogP contribution in [0.25, 0.3) is 0 Å². The first-order valence-corrected chi connectivity index (χ1v) is 36.1. The van der Waals surface area contributed by atoms with Gasteiger partial charge < -0.3 is 26.2 Å². The summed E-state index contributed by atoms with van der Waals surface area (Å²) in [7, 11) is -3.56. The number of likely N-dealkylation sites (N-methyl/N-ethyl adjacent to an activating group) is 2. The zero-order valence-corrected chi connectivity index (χ0v) is 45.2. The van der Waals surface area contributed by atoms with Crippen molar-refractivity contribution in [3.63, 3.8) is 0 Å². The Hall–Kier alpha value is -2.47. The van der Waals surface area contributed by atoms with Crippen molar-refractivity contribution in [1.29, 1.82) is 0 Å². The molecular formula is C45H70I3N6O10S2-. The first-order valence-electron chi connectivity index (χ1n) is 20.2. The van der Waals surface area contributed by atoms with Crippen molar-refractivity contribution in [3.8, 4) is 0 Å². The number of nitro benzene ring substituents is 2. The van der Waals surface area contributed by atoms with Gasteiger partial charge in [0.1, 0.15) is 0 Å². The molecule has 374 valence electrons. The Balaban J connectivity index is 0. The first kappa shape index (κ1) is 65.6. The minimum atomic E-state index is -3.93. The van der Waals surface area contributed by atoms with Crippen LogP contribution in [-0.2, 0) is 32.7 Å². The molecule has 0 saturated heterocycles. The number of halogens is 3. The standard InChI is InChI=1S/C21H29N3O5S.C15H26N2O.C7H7NO4S.2CH4.I3/c1-16(2)14-23(30(28,29)19-11-9-18(10-12-19)24(26)27)15-21(25)20(22-3)13-17-7-5-4-6-8-17;1-12(2)10-17-11-15(18)14(16-3)9-13-7-5-4-6-8-13;1-13(11,12)7-4-2-6(3-5-7)8(9)10;;;1-3-2/h4-12,16,20-22,25H,13-15H2,1-3H3;4-8,12,14-18H,9-11H2,1-3H3;2-5H,1H3;2*1H4;/q;;;;;-1/t20-,21+;14?,15-;;;;/m01..../s1. The molecule has 0 spiro atoms. The number of sulfone groups is 1. The molecular weight excluding hydrogens is 1230 g/mol. The summed E-state index contributed by atoms with van der Waals surface area (Å²) >= 11 is 5.30. The summed E-state index contributed by atoms with van der Waals surface area (Å²) in [5, 5.41) is 51.6. The molecule has 0 fully saturated rings. The second kappa shape index (κ2) is 34.8. The molecule has 0 heterocycles. The summed E-state index contributed by atoms with van der Waals surface area (Å²) in [5.74, 6) is 0.645. The molecule has 4 atom stereocenters. The summed E-state index contributed by atoms with van der Waals surface area (Å²) in [5.41, 5.74) is 1.99. The van der Waals surface area contributed by atoms with Gasteiger partial charge in [0.05, 0.1) is 31.8 Å². The number of hydrogen-bond donors (Lipinski definition) is 5. The van der Waals surface area contributed by atoms with E-state index in [0.29, 0.717) is 32.1 Å². The van der Waals surface area contributed by atoms with Crippen LogP contribution in [0.5, 0.6) is 0 Å². The van der Waals surface area contributed by atoms with Crippen LogP contribution in [0.1, 0.15) is 53.7 Å². The van der Waals surface area contributed by atoms with Gasteiger partial charge >= 0.3 is 50.5 Å². The van der Waals surface area contributed by atoms with Crippen molar-refractivity contribution >= 4 is 68.5 Å². The van der Waals surface area contributed by atoms with Crippen LogP contribution in [0.2, 0.25) is 0 Å². The van der Waals surface area contributed by atoms with E-state index in [1.165, 1.54) is 46.3 Å². The number of hydrogen-bond acceptors (Lipinski definition) is 13. The third-order valence-corrected chi connectivity index (χ3v) is 12.3. The number of benzene rings is 4. The second-order valence-electron chi connectivity index (χ2n) is 15.4. The van der Waals surface area contributed by atoms with E-state index >= 15 is 0 Å². The fourth-order valence-corrected chi connectivity index (χ4v) is 8.23. The summed E-state index contributed by atoms with van der Waals surface area (Å²) in [6, 6.07) is 29.2. The van der Waals surface area contributed by atoms with E-state index in [1.807, 2.05) is 69.4 Å². The molecule has 16 nitrogen and oxygen atoms in total. The Morgan fingerprint density at radius 3 is 1.33 bits per heavy atom. The third kappa shape index (κ3) is 25.8. The predicted octanol–water partition coefficient (Wildman–Crippen LogP) is 4.90. The number of nitrogens with zero attached hydrogens (tertiary/aromatic N) is 3. The normalized spacial score (nSPS) is 12.9. The van der Waals surface area contributed by atoms with Gasteiger partial charge in [0.15, 0.2) is 9.84 Å². The van der Waals surface area contributed by atoms with Crippen molar-refractivity contribution in [2.45, 2.75) is 89.5 Å². The Morgan fingerprint density at radius 1 is 0.621 bits per heavy atom. The van der Waals surface area contributed by atoms with Gasteiger partial charge in [0.25, 0.3) is 11.4 Å². The maximum atomic E-state index is 13.2. The van der Waals surface area contributed by atoms with Gasteiger partial charge in [-0.2, -0.15) is 4.31 Å². The minimum absolute atomic E-state index is 0. The van der Waals surface area contributed by atoms with Crippen LogP contribution < -0.4 is 29.2 Å². The van der Waals surface area contributed by atoms with Crippen LogP contribution in [0.3, 0.4) is 0 Å². The van der Waals surface area contributed by atoms with E-state index in [-0.39, 0.29) is 73.2 Å². The van der Waals surface area contributed by atoms with E-state index in [9.17, 15) is 47.3 Å². The van der Waals surface area contributed by atoms with Gasteiger partial charge in [-0.1, -0.05) is 103 Å². The zero-order chi connectivity index (χ0) is 48.5. The molecule has 0 aromatic heterocycles. The zero-order valence-electron chi connectivity index (χ0n) is 37.1. The first-order chi connectivity index (χ1) is 30.1.